The van der Waals surface area contributed by atoms with Crippen LogP contribution in [-0.4, -0.2) is 5.11 Å². The van der Waals surface area contributed by atoms with Crippen molar-refractivity contribution in [3.63, 3.8) is 0 Å². The van der Waals surface area contributed by atoms with Gasteiger partial charge in [0.25, 0.3) is 0 Å². The summed E-state index contributed by atoms with van der Waals surface area (Å²) in [5.41, 5.74) is 1.15. The quantitative estimate of drug-likeness (QED) is 0.738. The molecule has 0 heterocycles. The molecule has 0 saturated carbocycles. The summed E-state index contributed by atoms with van der Waals surface area (Å²) >= 11 is 0. The van der Waals surface area contributed by atoms with Gasteiger partial charge in [-0.05, 0) is 30.0 Å². The van der Waals surface area contributed by atoms with Crippen LogP contribution < -0.4 is 0 Å². The van der Waals surface area contributed by atoms with E-state index in [1.165, 1.54) is 19.3 Å². The highest BCUT2D eigenvalue weighted by atomic mass is 16.3. The van der Waals surface area contributed by atoms with Crippen molar-refractivity contribution in [1.82, 2.24) is 0 Å². The second-order valence-electron chi connectivity index (χ2n) is 4.48. The average Bonchev–Trinajstić information content (AvgIpc) is 2.29. The first-order chi connectivity index (χ1) is 7.72. The van der Waals surface area contributed by atoms with Gasteiger partial charge < -0.3 is 5.11 Å². The van der Waals surface area contributed by atoms with Gasteiger partial charge >= 0.3 is 0 Å². The van der Waals surface area contributed by atoms with Crippen LogP contribution in [0.1, 0.15) is 45.1 Å². The molecule has 1 aromatic carbocycles. The predicted octanol–water partition coefficient (Wildman–Crippen LogP) is 4.62. The van der Waals surface area contributed by atoms with Gasteiger partial charge in [-0.3, -0.25) is 0 Å². The Bertz CT molecular complexity index is 311. The molecule has 1 N–H and O–H groups in total. The van der Waals surface area contributed by atoms with Gasteiger partial charge in [0.1, 0.15) is 5.75 Å². The molecule has 0 aliphatic heterocycles. The molecule has 1 aromatic rings. The molecule has 0 saturated heterocycles. The zero-order valence-corrected chi connectivity index (χ0v) is 10.3. The molecule has 0 spiro atoms. The van der Waals surface area contributed by atoms with Gasteiger partial charge in [0, 0.05) is 0 Å². The number of allylic oxidation sites excluding steroid dienone is 1. The molecule has 0 aliphatic carbocycles. The Morgan fingerprint density at radius 1 is 1.25 bits per heavy atom. The van der Waals surface area contributed by atoms with Crippen molar-refractivity contribution >= 4 is 6.08 Å². The van der Waals surface area contributed by atoms with Crippen LogP contribution in [-0.2, 0) is 0 Å². The first-order valence-electron chi connectivity index (χ1n) is 6.18. The van der Waals surface area contributed by atoms with Crippen molar-refractivity contribution in [1.29, 1.82) is 0 Å². The maximum atomic E-state index is 9.14. The van der Waals surface area contributed by atoms with Gasteiger partial charge in [0.15, 0.2) is 0 Å². The molecule has 0 aliphatic rings. The lowest BCUT2D eigenvalue weighted by molar-refractivity contribution is 0.475. The lowest BCUT2D eigenvalue weighted by Crippen LogP contribution is -1.91. The lowest BCUT2D eigenvalue weighted by Gasteiger charge is -2.06. The van der Waals surface area contributed by atoms with Crippen LogP contribution in [0.5, 0.6) is 5.75 Å². The summed E-state index contributed by atoms with van der Waals surface area (Å²) in [5, 5.41) is 9.14. The van der Waals surface area contributed by atoms with Crippen molar-refractivity contribution in [2.45, 2.75) is 39.5 Å². The third kappa shape index (κ3) is 5.01. The van der Waals surface area contributed by atoms with E-state index in [9.17, 15) is 0 Å². The minimum atomic E-state index is 0.327. The first kappa shape index (κ1) is 12.8. The number of unbranched alkanes of at least 4 members (excludes halogenated alkanes) is 1. The van der Waals surface area contributed by atoms with Crippen molar-refractivity contribution in [3.8, 4) is 5.75 Å². The number of rotatable bonds is 6. The van der Waals surface area contributed by atoms with Crippen LogP contribution in [0, 0.1) is 5.92 Å². The Morgan fingerprint density at radius 3 is 2.56 bits per heavy atom. The van der Waals surface area contributed by atoms with Crippen LogP contribution in [0.15, 0.2) is 30.3 Å². The molecule has 0 amide bonds. The maximum Gasteiger partial charge on any atom is 0.115 e. The van der Waals surface area contributed by atoms with Gasteiger partial charge in [-0.1, -0.05) is 57.4 Å². The van der Waals surface area contributed by atoms with Gasteiger partial charge in [0.2, 0.25) is 0 Å². The Balaban J connectivity index is 2.33. The Morgan fingerprint density at radius 2 is 1.94 bits per heavy atom. The fraction of sp³-hybridized carbons (Fsp3) is 0.467. The summed E-state index contributed by atoms with van der Waals surface area (Å²) < 4.78 is 0. The van der Waals surface area contributed by atoms with E-state index in [2.05, 4.69) is 26.0 Å². The van der Waals surface area contributed by atoms with Crippen molar-refractivity contribution in [2.75, 3.05) is 0 Å². The standard InChI is InChI=1S/C15H22O/c1-3-4-6-13(2)7-5-8-14-9-11-15(16)12-10-14/h5,8-13,16H,3-4,6-7H2,1-2H3/b8-5+. The van der Waals surface area contributed by atoms with Crippen LogP contribution in [0.25, 0.3) is 6.08 Å². The van der Waals surface area contributed by atoms with E-state index in [1.807, 2.05) is 12.1 Å². The lowest BCUT2D eigenvalue weighted by atomic mass is 10.0. The number of phenolic OH excluding ortho intramolecular Hbond substituents is 1. The smallest absolute Gasteiger partial charge is 0.115 e. The summed E-state index contributed by atoms with van der Waals surface area (Å²) in [7, 11) is 0. The highest BCUT2D eigenvalue weighted by molar-refractivity contribution is 5.50. The average molecular weight is 218 g/mol. The Labute approximate surface area is 98.8 Å². The number of benzene rings is 1. The van der Waals surface area contributed by atoms with E-state index >= 15 is 0 Å². The summed E-state index contributed by atoms with van der Waals surface area (Å²) in [6, 6.07) is 7.31. The molecule has 0 fully saturated rings. The topological polar surface area (TPSA) is 20.2 Å². The third-order valence-electron chi connectivity index (χ3n) is 2.79. The van der Waals surface area contributed by atoms with E-state index in [0.29, 0.717) is 5.75 Å². The van der Waals surface area contributed by atoms with Gasteiger partial charge in [-0.15, -0.1) is 0 Å². The summed E-state index contributed by atoms with van der Waals surface area (Å²) in [4.78, 5) is 0. The summed E-state index contributed by atoms with van der Waals surface area (Å²) in [5.74, 6) is 1.10. The predicted molar refractivity (Wildman–Crippen MR) is 70.4 cm³/mol. The fourth-order valence-electron chi connectivity index (χ4n) is 1.69. The molecule has 1 nitrogen and oxygen atoms in total. The molecule has 1 atom stereocenters. The molecule has 1 heteroatoms. The molecule has 0 radical (unpaired) electrons. The summed E-state index contributed by atoms with van der Waals surface area (Å²) in [6.45, 7) is 4.54. The van der Waals surface area contributed by atoms with E-state index in [4.69, 9.17) is 5.11 Å². The van der Waals surface area contributed by atoms with E-state index < -0.39 is 0 Å². The largest absolute Gasteiger partial charge is 0.508 e. The van der Waals surface area contributed by atoms with Crippen LogP contribution >= 0.6 is 0 Å². The van der Waals surface area contributed by atoms with Crippen molar-refractivity contribution < 1.29 is 5.11 Å². The zero-order valence-electron chi connectivity index (χ0n) is 10.3. The Hall–Kier alpha value is -1.24. The van der Waals surface area contributed by atoms with E-state index in [-0.39, 0.29) is 0 Å². The SMILES string of the molecule is CCCCC(C)C/C=C/c1ccc(O)cc1. The highest BCUT2D eigenvalue weighted by Gasteiger charge is 1.97. The molecule has 1 rings (SSSR count). The van der Waals surface area contributed by atoms with Crippen LogP contribution in [0.2, 0.25) is 0 Å². The monoisotopic (exact) mass is 218 g/mol. The molecule has 1 unspecified atom stereocenters. The zero-order chi connectivity index (χ0) is 11.8. The molecule has 16 heavy (non-hydrogen) atoms. The van der Waals surface area contributed by atoms with Crippen molar-refractivity contribution in [2.24, 2.45) is 5.92 Å². The fourth-order valence-corrected chi connectivity index (χ4v) is 1.69. The maximum absolute atomic E-state index is 9.14. The van der Waals surface area contributed by atoms with Crippen LogP contribution in [0.4, 0.5) is 0 Å². The molecular weight excluding hydrogens is 196 g/mol. The second-order valence-corrected chi connectivity index (χ2v) is 4.48. The summed E-state index contributed by atoms with van der Waals surface area (Å²) in [6.07, 6.45) is 9.42. The minimum absolute atomic E-state index is 0.327. The van der Waals surface area contributed by atoms with E-state index in [0.717, 1.165) is 17.9 Å². The molecule has 0 aromatic heterocycles. The second kappa shape index (κ2) is 7.10. The first-order valence-corrected chi connectivity index (χ1v) is 6.18. The van der Waals surface area contributed by atoms with Gasteiger partial charge in [0.05, 0.1) is 0 Å². The van der Waals surface area contributed by atoms with Crippen molar-refractivity contribution in [3.05, 3.63) is 35.9 Å². The molecular formula is C15H22O. The number of aromatic hydroxyl groups is 1. The van der Waals surface area contributed by atoms with Gasteiger partial charge in [-0.25, -0.2) is 0 Å². The number of hydrogen-bond donors (Lipinski definition) is 1. The number of hydrogen-bond acceptors (Lipinski definition) is 1. The molecule has 88 valence electrons. The Kier molecular flexibility index (Phi) is 5.69. The van der Waals surface area contributed by atoms with Gasteiger partial charge in [-0.2, -0.15) is 0 Å². The number of phenols is 1. The minimum Gasteiger partial charge on any atom is -0.508 e. The highest BCUT2D eigenvalue weighted by Crippen LogP contribution is 2.15. The third-order valence-corrected chi connectivity index (χ3v) is 2.79. The normalized spacial score (nSPS) is 13.1. The van der Waals surface area contributed by atoms with Crippen LogP contribution in [0.3, 0.4) is 0 Å². The molecule has 0 bridgehead atoms. The van der Waals surface area contributed by atoms with E-state index in [1.54, 1.807) is 12.1 Å².